The third-order valence-corrected chi connectivity index (χ3v) is 4.02. The summed E-state index contributed by atoms with van der Waals surface area (Å²) in [6.45, 7) is 6.56. The molecule has 3 rings (SSSR count). The third-order valence-electron chi connectivity index (χ3n) is 4.02. The van der Waals surface area contributed by atoms with Gasteiger partial charge in [-0.2, -0.15) is 15.0 Å². The minimum atomic E-state index is 0.580. The average molecular weight is 287 g/mol. The summed E-state index contributed by atoms with van der Waals surface area (Å²) >= 11 is 0. The molecule has 0 aliphatic carbocycles. The van der Waals surface area contributed by atoms with Gasteiger partial charge in [0.2, 0.25) is 17.8 Å². The Hall–Kier alpha value is -2.18. The number of nitrogens with zero attached hydrogens (tertiary/aromatic N) is 6. The molecule has 3 heterocycles. The van der Waals surface area contributed by atoms with Gasteiger partial charge in [-0.05, 0) is 18.3 Å². The van der Waals surface area contributed by atoms with Gasteiger partial charge in [0.25, 0.3) is 0 Å². The van der Waals surface area contributed by atoms with Crippen LogP contribution in [0.5, 0.6) is 0 Å². The summed E-state index contributed by atoms with van der Waals surface area (Å²) < 4.78 is 1.79. The lowest BCUT2D eigenvalue weighted by Gasteiger charge is -2.19. The number of nitrogens with one attached hydrogen (secondary N) is 1. The molecule has 1 saturated heterocycles. The van der Waals surface area contributed by atoms with Crippen molar-refractivity contribution < 1.29 is 0 Å². The molecule has 2 aromatic rings. The molecule has 1 aliphatic rings. The van der Waals surface area contributed by atoms with Crippen LogP contribution in [0.1, 0.15) is 20.3 Å². The van der Waals surface area contributed by atoms with Crippen molar-refractivity contribution in [1.29, 1.82) is 0 Å². The Bertz CT molecular complexity index is 593. The van der Waals surface area contributed by atoms with Crippen LogP contribution < -0.4 is 10.2 Å². The molecule has 1 aliphatic heterocycles. The van der Waals surface area contributed by atoms with Crippen LogP contribution in [0.2, 0.25) is 0 Å². The summed E-state index contributed by atoms with van der Waals surface area (Å²) in [6.07, 6.45) is 6.44. The normalized spacial score (nSPS) is 18.5. The number of rotatable bonds is 4. The van der Waals surface area contributed by atoms with Gasteiger partial charge in [0.15, 0.2) is 0 Å². The Morgan fingerprint density at radius 2 is 2.05 bits per heavy atom. The topological polar surface area (TPSA) is 71.8 Å². The van der Waals surface area contributed by atoms with Crippen molar-refractivity contribution in [3.63, 3.8) is 0 Å². The van der Waals surface area contributed by atoms with Crippen molar-refractivity contribution in [2.75, 3.05) is 30.4 Å². The van der Waals surface area contributed by atoms with Crippen LogP contribution in [-0.2, 0) is 0 Å². The first kappa shape index (κ1) is 13.8. The van der Waals surface area contributed by atoms with E-state index in [1.807, 2.05) is 13.2 Å². The van der Waals surface area contributed by atoms with Gasteiger partial charge in [0.1, 0.15) is 6.33 Å². The van der Waals surface area contributed by atoms with Crippen LogP contribution in [0.3, 0.4) is 0 Å². The highest BCUT2D eigenvalue weighted by atomic mass is 15.3. The number of hydrogen-bond acceptors (Lipinski definition) is 6. The van der Waals surface area contributed by atoms with E-state index in [-0.39, 0.29) is 0 Å². The Morgan fingerprint density at radius 3 is 2.67 bits per heavy atom. The van der Waals surface area contributed by atoms with Crippen molar-refractivity contribution in [2.45, 2.75) is 20.3 Å². The first-order chi connectivity index (χ1) is 10.2. The standard InChI is InChI=1S/C14H21N7/c1-10(2)11-4-6-20(8-11)13-17-12(15-3)18-14(19-13)21-7-5-16-9-21/h5,7,9-11H,4,6,8H2,1-3H3,(H,15,17,18,19). The lowest BCUT2D eigenvalue weighted by Crippen LogP contribution is -2.24. The summed E-state index contributed by atoms with van der Waals surface area (Å²) in [5.74, 6) is 3.30. The molecular formula is C14H21N7. The zero-order valence-corrected chi connectivity index (χ0v) is 12.7. The number of anilines is 2. The van der Waals surface area contributed by atoms with Crippen molar-refractivity contribution in [3.8, 4) is 5.95 Å². The maximum Gasteiger partial charge on any atom is 0.241 e. The van der Waals surface area contributed by atoms with Gasteiger partial charge >= 0.3 is 0 Å². The highest BCUT2D eigenvalue weighted by molar-refractivity contribution is 5.40. The molecule has 0 spiro atoms. The van der Waals surface area contributed by atoms with Gasteiger partial charge in [-0.1, -0.05) is 13.8 Å². The van der Waals surface area contributed by atoms with E-state index in [0.717, 1.165) is 19.0 Å². The summed E-state index contributed by atoms with van der Waals surface area (Å²) in [4.78, 5) is 19.8. The van der Waals surface area contributed by atoms with Crippen LogP contribution in [0.4, 0.5) is 11.9 Å². The van der Waals surface area contributed by atoms with E-state index in [1.54, 1.807) is 17.1 Å². The predicted molar refractivity (Wildman–Crippen MR) is 81.7 cm³/mol. The molecule has 0 radical (unpaired) electrons. The summed E-state index contributed by atoms with van der Waals surface area (Å²) in [5.41, 5.74) is 0. The molecule has 1 N–H and O–H groups in total. The third kappa shape index (κ3) is 2.81. The van der Waals surface area contributed by atoms with Crippen molar-refractivity contribution in [1.82, 2.24) is 24.5 Å². The van der Waals surface area contributed by atoms with E-state index >= 15 is 0 Å². The monoisotopic (exact) mass is 287 g/mol. The van der Waals surface area contributed by atoms with Gasteiger partial charge in [-0.15, -0.1) is 0 Å². The molecule has 1 atom stereocenters. The largest absolute Gasteiger partial charge is 0.357 e. The molecule has 21 heavy (non-hydrogen) atoms. The first-order valence-corrected chi connectivity index (χ1v) is 7.34. The van der Waals surface area contributed by atoms with Crippen LogP contribution in [-0.4, -0.2) is 44.6 Å². The molecule has 1 fully saturated rings. The van der Waals surface area contributed by atoms with E-state index in [9.17, 15) is 0 Å². The zero-order valence-electron chi connectivity index (χ0n) is 12.7. The maximum absolute atomic E-state index is 4.59. The average Bonchev–Trinajstić information content (AvgIpc) is 3.18. The summed E-state index contributed by atoms with van der Waals surface area (Å²) in [6, 6.07) is 0. The minimum Gasteiger partial charge on any atom is -0.357 e. The SMILES string of the molecule is CNc1nc(N2CCC(C(C)C)C2)nc(-n2ccnc2)n1. The molecule has 0 bridgehead atoms. The number of hydrogen-bond donors (Lipinski definition) is 1. The number of aromatic nitrogens is 5. The fourth-order valence-electron chi connectivity index (χ4n) is 2.61. The minimum absolute atomic E-state index is 0.580. The predicted octanol–water partition coefficient (Wildman–Crippen LogP) is 1.58. The van der Waals surface area contributed by atoms with E-state index in [0.29, 0.717) is 23.7 Å². The van der Waals surface area contributed by atoms with Crippen LogP contribution in [0.15, 0.2) is 18.7 Å². The fraction of sp³-hybridized carbons (Fsp3) is 0.571. The van der Waals surface area contributed by atoms with E-state index in [2.05, 4.69) is 44.0 Å². The summed E-state index contributed by atoms with van der Waals surface area (Å²) in [7, 11) is 1.82. The molecule has 7 heteroatoms. The van der Waals surface area contributed by atoms with Gasteiger partial charge in [0, 0.05) is 32.5 Å². The van der Waals surface area contributed by atoms with Gasteiger partial charge in [-0.3, -0.25) is 4.57 Å². The quantitative estimate of drug-likeness (QED) is 0.920. The molecule has 2 aromatic heterocycles. The van der Waals surface area contributed by atoms with Crippen LogP contribution in [0.25, 0.3) is 5.95 Å². The smallest absolute Gasteiger partial charge is 0.241 e. The van der Waals surface area contributed by atoms with E-state index < -0.39 is 0 Å². The molecular weight excluding hydrogens is 266 g/mol. The zero-order chi connectivity index (χ0) is 14.8. The number of imidazole rings is 1. The lowest BCUT2D eigenvalue weighted by atomic mass is 9.95. The second-order valence-electron chi connectivity index (χ2n) is 5.72. The van der Waals surface area contributed by atoms with E-state index in [4.69, 9.17) is 0 Å². The Balaban J connectivity index is 1.90. The molecule has 1 unspecified atom stereocenters. The maximum atomic E-state index is 4.59. The second kappa shape index (κ2) is 5.67. The first-order valence-electron chi connectivity index (χ1n) is 7.34. The van der Waals surface area contributed by atoms with Crippen molar-refractivity contribution >= 4 is 11.9 Å². The Morgan fingerprint density at radius 1 is 1.24 bits per heavy atom. The van der Waals surface area contributed by atoms with Gasteiger partial charge in [-0.25, -0.2) is 4.98 Å². The summed E-state index contributed by atoms with van der Waals surface area (Å²) in [5, 5.41) is 3.00. The van der Waals surface area contributed by atoms with Gasteiger partial charge < -0.3 is 10.2 Å². The Labute approximate surface area is 124 Å². The lowest BCUT2D eigenvalue weighted by molar-refractivity contribution is 0.422. The molecule has 0 amide bonds. The molecule has 0 aromatic carbocycles. The van der Waals surface area contributed by atoms with Crippen LogP contribution >= 0.6 is 0 Å². The second-order valence-corrected chi connectivity index (χ2v) is 5.72. The van der Waals surface area contributed by atoms with Gasteiger partial charge in [0.05, 0.1) is 0 Å². The highest BCUT2D eigenvalue weighted by Crippen LogP contribution is 2.26. The Kier molecular flexibility index (Phi) is 3.72. The fourth-order valence-corrected chi connectivity index (χ4v) is 2.61. The molecule has 7 nitrogen and oxygen atoms in total. The highest BCUT2D eigenvalue weighted by Gasteiger charge is 2.27. The van der Waals surface area contributed by atoms with Crippen LogP contribution in [0, 0.1) is 11.8 Å². The van der Waals surface area contributed by atoms with Crippen molar-refractivity contribution in [2.24, 2.45) is 11.8 Å². The van der Waals surface area contributed by atoms with Crippen molar-refractivity contribution in [3.05, 3.63) is 18.7 Å². The van der Waals surface area contributed by atoms with E-state index in [1.165, 1.54) is 6.42 Å². The molecule has 0 saturated carbocycles. The molecule has 112 valence electrons.